The molecule has 2 aromatic heterocycles. The summed E-state index contributed by atoms with van der Waals surface area (Å²) in [6, 6.07) is 54.5. The molecule has 0 N–H and O–H groups in total. The minimum Gasteiger partial charge on any atom is -0.264 e. The molecule has 0 saturated carbocycles. The van der Waals surface area contributed by atoms with Gasteiger partial charge in [0.2, 0.25) is 0 Å². The molecule has 0 atom stereocenters. The van der Waals surface area contributed by atoms with Crippen LogP contribution in [0.15, 0.2) is 164 Å². The highest BCUT2D eigenvalue weighted by Gasteiger charge is 2.36. The first-order valence-electron chi connectivity index (χ1n) is 17.5. The normalized spacial score (nSPS) is 13.1. The van der Waals surface area contributed by atoms with E-state index >= 15 is 0 Å². The van der Waals surface area contributed by atoms with E-state index in [1.165, 1.54) is 49.5 Å². The van der Waals surface area contributed by atoms with Gasteiger partial charge >= 0.3 is 0 Å². The predicted octanol–water partition coefficient (Wildman–Crippen LogP) is 12.3. The maximum atomic E-state index is 5.24. The fourth-order valence-electron chi connectivity index (χ4n) is 8.15. The minimum atomic E-state index is -0.0699. The van der Waals surface area contributed by atoms with E-state index in [1.54, 1.807) is 0 Å². The third kappa shape index (κ3) is 4.69. The fourth-order valence-corrected chi connectivity index (χ4v) is 8.15. The summed E-state index contributed by atoms with van der Waals surface area (Å²) in [6.45, 7) is 4.70. The molecule has 0 bridgehead atoms. The van der Waals surface area contributed by atoms with Crippen molar-refractivity contribution < 1.29 is 0 Å². The Morgan fingerprint density at radius 2 is 1.10 bits per heavy atom. The van der Waals surface area contributed by atoms with Gasteiger partial charge in [-0.2, -0.15) is 0 Å². The topological polar surface area (TPSA) is 38.7 Å². The van der Waals surface area contributed by atoms with Crippen LogP contribution in [0.5, 0.6) is 0 Å². The number of benzene rings is 7. The first-order chi connectivity index (χ1) is 25.0. The van der Waals surface area contributed by atoms with E-state index < -0.39 is 0 Å². The van der Waals surface area contributed by atoms with Crippen molar-refractivity contribution in [2.45, 2.75) is 19.3 Å². The van der Waals surface area contributed by atoms with Gasteiger partial charge in [-0.25, -0.2) is 9.97 Å². The molecule has 0 amide bonds. The van der Waals surface area contributed by atoms with Gasteiger partial charge in [0.1, 0.15) is 0 Å². The Balaban J connectivity index is 1.16. The lowest BCUT2D eigenvalue weighted by Gasteiger charge is -2.21. The number of rotatable bonds is 4. The largest absolute Gasteiger partial charge is 0.264 e. The van der Waals surface area contributed by atoms with Crippen molar-refractivity contribution in [2.75, 3.05) is 0 Å². The summed E-state index contributed by atoms with van der Waals surface area (Å²) in [4.78, 5) is 14.8. The molecular formula is C48H33N3. The van der Waals surface area contributed by atoms with Crippen LogP contribution in [0, 0.1) is 0 Å². The van der Waals surface area contributed by atoms with Gasteiger partial charge in [-0.05, 0) is 90.6 Å². The summed E-state index contributed by atoms with van der Waals surface area (Å²) in [5.41, 5.74) is 12.7. The third-order valence-corrected chi connectivity index (χ3v) is 10.8. The number of nitrogens with zero attached hydrogens (tertiary/aromatic N) is 3. The molecule has 3 nitrogen and oxygen atoms in total. The highest BCUT2D eigenvalue weighted by molar-refractivity contribution is 6.07. The molecule has 2 heterocycles. The summed E-state index contributed by atoms with van der Waals surface area (Å²) in [5.74, 6) is 0.705. The molecule has 240 valence electrons. The molecular weight excluding hydrogens is 619 g/mol. The van der Waals surface area contributed by atoms with Crippen LogP contribution in [-0.2, 0) is 5.41 Å². The Kier molecular flexibility index (Phi) is 6.53. The van der Waals surface area contributed by atoms with E-state index in [9.17, 15) is 0 Å². The molecule has 7 aromatic carbocycles. The first-order valence-corrected chi connectivity index (χ1v) is 17.5. The second kappa shape index (κ2) is 11.3. The fraction of sp³-hybridized carbons (Fsp3) is 0.0625. The summed E-state index contributed by atoms with van der Waals surface area (Å²) in [5, 5.41) is 7.13. The van der Waals surface area contributed by atoms with Crippen molar-refractivity contribution in [1.82, 2.24) is 15.0 Å². The molecule has 1 aliphatic rings. The monoisotopic (exact) mass is 651 g/mol. The molecule has 3 heteroatoms. The van der Waals surface area contributed by atoms with E-state index in [0.29, 0.717) is 5.82 Å². The van der Waals surface area contributed by atoms with Crippen LogP contribution < -0.4 is 0 Å². The highest BCUT2D eigenvalue weighted by Crippen LogP contribution is 2.52. The Labute approximate surface area is 297 Å². The average molecular weight is 652 g/mol. The zero-order chi connectivity index (χ0) is 34.1. The number of aromatic nitrogens is 3. The van der Waals surface area contributed by atoms with E-state index in [4.69, 9.17) is 9.97 Å². The van der Waals surface area contributed by atoms with Crippen molar-refractivity contribution in [2.24, 2.45) is 0 Å². The number of fused-ring (bicyclic) bond motifs is 7. The van der Waals surface area contributed by atoms with Crippen molar-refractivity contribution in [3.8, 4) is 56.2 Å². The summed E-state index contributed by atoms with van der Waals surface area (Å²) in [6.07, 6.45) is 3.74. The van der Waals surface area contributed by atoms with Crippen LogP contribution in [-0.4, -0.2) is 15.0 Å². The van der Waals surface area contributed by atoms with E-state index in [2.05, 4.69) is 158 Å². The van der Waals surface area contributed by atoms with Gasteiger partial charge in [0, 0.05) is 39.9 Å². The molecule has 51 heavy (non-hydrogen) atoms. The molecule has 0 unspecified atom stereocenters. The lowest BCUT2D eigenvalue weighted by Crippen LogP contribution is -2.14. The van der Waals surface area contributed by atoms with Crippen molar-refractivity contribution in [3.05, 3.63) is 175 Å². The molecule has 0 spiro atoms. The van der Waals surface area contributed by atoms with Gasteiger partial charge in [-0.15, -0.1) is 0 Å². The number of hydrogen-bond donors (Lipinski definition) is 0. The quantitative estimate of drug-likeness (QED) is 0.190. The van der Waals surface area contributed by atoms with Crippen LogP contribution >= 0.6 is 0 Å². The van der Waals surface area contributed by atoms with Crippen LogP contribution in [0.2, 0.25) is 0 Å². The molecule has 1 aliphatic carbocycles. The second-order valence-corrected chi connectivity index (χ2v) is 14.1. The molecule has 0 aliphatic heterocycles. The molecule has 0 saturated heterocycles. The lowest BCUT2D eigenvalue weighted by atomic mass is 9.81. The van der Waals surface area contributed by atoms with Gasteiger partial charge in [-0.3, -0.25) is 4.98 Å². The summed E-state index contributed by atoms with van der Waals surface area (Å²) < 4.78 is 0. The lowest BCUT2D eigenvalue weighted by molar-refractivity contribution is 0.661. The first kappa shape index (κ1) is 29.5. The Morgan fingerprint density at radius 1 is 0.431 bits per heavy atom. The molecule has 9 aromatic rings. The van der Waals surface area contributed by atoms with Gasteiger partial charge in [-0.1, -0.05) is 135 Å². The van der Waals surface area contributed by atoms with E-state index in [1.807, 2.05) is 24.5 Å². The van der Waals surface area contributed by atoms with Crippen molar-refractivity contribution in [3.63, 3.8) is 0 Å². The van der Waals surface area contributed by atoms with E-state index in [-0.39, 0.29) is 5.41 Å². The van der Waals surface area contributed by atoms with Gasteiger partial charge < -0.3 is 0 Å². The SMILES string of the molecule is CC1(C)c2ccc(-c3ccc(-c4nc(-c5ccccc5)cc(-c5ccc6ccncc6c5)n4)c4ccccc34)cc2-c2c1ccc1ccccc21. The van der Waals surface area contributed by atoms with Crippen molar-refractivity contribution >= 4 is 32.3 Å². The zero-order valence-electron chi connectivity index (χ0n) is 28.4. The van der Waals surface area contributed by atoms with Gasteiger partial charge in [0.15, 0.2) is 5.82 Å². The van der Waals surface area contributed by atoms with Crippen LogP contribution in [0.4, 0.5) is 0 Å². The smallest absolute Gasteiger partial charge is 0.161 e. The van der Waals surface area contributed by atoms with Gasteiger partial charge in [0.25, 0.3) is 0 Å². The molecule has 0 radical (unpaired) electrons. The highest BCUT2D eigenvalue weighted by atomic mass is 14.9. The second-order valence-electron chi connectivity index (χ2n) is 14.1. The van der Waals surface area contributed by atoms with Crippen LogP contribution in [0.1, 0.15) is 25.0 Å². The summed E-state index contributed by atoms with van der Waals surface area (Å²) in [7, 11) is 0. The maximum absolute atomic E-state index is 5.24. The Bertz CT molecular complexity index is 2830. The number of hydrogen-bond acceptors (Lipinski definition) is 3. The average Bonchev–Trinajstić information content (AvgIpc) is 3.43. The van der Waals surface area contributed by atoms with E-state index in [0.717, 1.165) is 44.2 Å². The molecule has 10 rings (SSSR count). The third-order valence-electron chi connectivity index (χ3n) is 10.8. The Hall–Kier alpha value is -6.45. The number of pyridine rings is 1. The zero-order valence-corrected chi connectivity index (χ0v) is 28.4. The van der Waals surface area contributed by atoms with Gasteiger partial charge in [0.05, 0.1) is 11.4 Å². The summed E-state index contributed by atoms with van der Waals surface area (Å²) >= 11 is 0. The Morgan fingerprint density at radius 3 is 1.94 bits per heavy atom. The van der Waals surface area contributed by atoms with Crippen LogP contribution in [0.25, 0.3) is 88.5 Å². The minimum absolute atomic E-state index is 0.0699. The standard InChI is InChI=1S/C48H33N3/c1-48(2)42-22-19-33(27-41(42)46-37-13-7-6-10-31(37)18-23-43(46)48)36-20-21-40(39-15-9-8-14-38(36)39)47-50-44(32-11-4-3-5-12-32)28-45(51-47)34-17-16-30-24-25-49-29-35(30)26-34/h3-29H,1-2H3. The maximum Gasteiger partial charge on any atom is 0.161 e. The van der Waals surface area contributed by atoms with Crippen molar-refractivity contribution in [1.29, 1.82) is 0 Å². The predicted molar refractivity (Wildman–Crippen MR) is 212 cm³/mol. The molecule has 0 fully saturated rings. The van der Waals surface area contributed by atoms with Crippen LogP contribution in [0.3, 0.4) is 0 Å².